The van der Waals surface area contributed by atoms with Gasteiger partial charge in [-0.25, -0.2) is 8.78 Å². The van der Waals surface area contributed by atoms with Crippen molar-refractivity contribution in [3.05, 3.63) is 59.1 Å². The van der Waals surface area contributed by atoms with Gasteiger partial charge in [0.2, 0.25) is 12.3 Å². The first-order valence-electron chi connectivity index (χ1n) is 9.15. The molecule has 0 aliphatic heterocycles. The van der Waals surface area contributed by atoms with Crippen LogP contribution in [0.3, 0.4) is 0 Å². The molecule has 29 heavy (non-hydrogen) atoms. The number of carbonyl (C=O) groups excluding carboxylic acids is 2. The summed E-state index contributed by atoms with van der Waals surface area (Å²) in [6.45, 7) is 0. The fraction of sp³-hybridized carbons (Fsp3) is 0.333. The minimum Gasteiger partial charge on any atom is -0.378 e. The highest BCUT2D eigenvalue weighted by Crippen LogP contribution is 2.38. The lowest BCUT2D eigenvalue weighted by Crippen LogP contribution is -2.53. The van der Waals surface area contributed by atoms with Crippen LogP contribution in [0.5, 0.6) is 0 Å². The quantitative estimate of drug-likeness (QED) is 0.687. The number of nitrogens with zero attached hydrogens (tertiary/aromatic N) is 2. The number of hydrogen-bond donors (Lipinski definition) is 1. The minimum atomic E-state index is -2.76. The van der Waals surface area contributed by atoms with E-state index in [4.69, 9.17) is 11.6 Å². The van der Waals surface area contributed by atoms with Crippen LogP contribution in [-0.2, 0) is 9.59 Å². The van der Waals surface area contributed by atoms with Gasteiger partial charge in [0.05, 0.1) is 0 Å². The summed E-state index contributed by atoms with van der Waals surface area (Å²) in [5, 5.41) is 2.94. The van der Waals surface area contributed by atoms with E-state index in [-0.39, 0.29) is 0 Å². The first-order valence-corrected chi connectivity index (χ1v) is 9.53. The summed E-state index contributed by atoms with van der Waals surface area (Å²) in [6.07, 6.45) is -0.270. The summed E-state index contributed by atoms with van der Waals surface area (Å²) in [5.41, 5.74) is 1.75. The highest BCUT2D eigenvalue weighted by Gasteiger charge is 2.47. The first-order chi connectivity index (χ1) is 13.7. The van der Waals surface area contributed by atoms with Crippen LogP contribution < -0.4 is 15.1 Å². The molecule has 1 saturated carbocycles. The van der Waals surface area contributed by atoms with E-state index < -0.39 is 36.8 Å². The van der Waals surface area contributed by atoms with E-state index in [0.717, 1.165) is 5.69 Å². The van der Waals surface area contributed by atoms with Crippen molar-refractivity contribution in [2.24, 2.45) is 0 Å². The third-order valence-electron chi connectivity index (χ3n) is 4.92. The van der Waals surface area contributed by atoms with Gasteiger partial charge in [0, 0.05) is 54.9 Å². The van der Waals surface area contributed by atoms with E-state index >= 15 is 0 Å². The molecule has 1 aliphatic rings. The van der Waals surface area contributed by atoms with E-state index in [1.54, 1.807) is 42.5 Å². The second-order valence-corrected chi connectivity index (χ2v) is 7.73. The molecule has 0 radical (unpaired) electrons. The fourth-order valence-corrected chi connectivity index (χ4v) is 3.60. The lowest BCUT2D eigenvalue weighted by molar-refractivity contribution is -0.131. The Balaban J connectivity index is 1.97. The maximum absolute atomic E-state index is 13.2. The number of halogens is 3. The molecule has 2 aromatic rings. The molecule has 154 valence electrons. The largest absolute Gasteiger partial charge is 0.378 e. The van der Waals surface area contributed by atoms with Crippen LogP contribution in [0.1, 0.15) is 24.4 Å². The van der Waals surface area contributed by atoms with E-state index in [9.17, 15) is 18.4 Å². The molecule has 2 amide bonds. The number of hydrogen-bond acceptors (Lipinski definition) is 3. The Morgan fingerprint density at radius 3 is 2.41 bits per heavy atom. The Kier molecular flexibility index (Phi) is 6.07. The maximum Gasteiger partial charge on any atom is 0.252 e. The average Bonchev–Trinajstić information content (AvgIpc) is 2.65. The number of carbonyl (C=O) groups is 2. The third-order valence-corrected chi connectivity index (χ3v) is 5.26. The highest BCUT2D eigenvalue weighted by molar-refractivity contribution is 6.31. The molecule has 0 unspecified atom stereocenters. The molecular weight excluding hydrogens is 400 g/mol. The Hall–Kier alpha value is -2.67. The predicted octanol–water partition coefficient (Wildman–Crippen LogP) is 4.02. The van der Waals surface area contributed by atoms with Crippen LogP contribution in [0.15, 0.2) is 48.5 Å². The van der Waals surface area contributed by atoms with Crippen LogP contribution in [0.4, 0.5) is 20.2 Å². The van der Waals surface area contributed by atoms with Crippen molar-refractivity contribution in [3.8, 4) is 0 Å². The Labute approximate surface area is 173 Å². The predicted molar refractivity (Wildman–Crippen MR) is 110 cm³/mol. The smallest absolute Gasteiger partial charge is 0.252 e. The molecule has 1 fully saturated rings. The Bertz CT molecular complexity index is 899. The Morgan fingerprint density at radius 2 is 1.83 bits per heavy atom. The molecule has 0 saturated heterocycles. The van der Waals surface area contributed by atoms with Crippen LogP contribution in [0, 0.1) is 0 Å². The summed E-state index contributed by atoms with van der Waals surface area (Å²) in [5.74, 6) is -3.32. The SMILES string of the molecule is CN(C)c1cccc(N(C=O)[C@H](C(=O)NC2CC(F)(F)C2)c2ccccc2Cl)c1. The number of anilines is 2. The van der Waals surface area contributed by atoms with Crippen molar-refractivity contribution in [2.75, 3.05) is 23.9 Å². The molecule has 1 atom stereocenters. The van der Waals surface area contributed by atoms with E-state index in [0.29, 0.717) is 22.7 Å². The minimum absolute atomic E-state index is 0.308. The number of alkyl halides is 2. The van der Waals surface area contributed by atoms with Gasteiger partial charge in [-0.05, 0) is 24.3 Å². The van der Waals surface area contributed by atoms with Crippen LogP contribution in [-0.4, -0.2) is 38.4 Å². The number of rotatable bonds is 7. The highest BCUT2D eigenvalue weighted by atomic mass is 35.5. The first kappa shape index (κ1) is 21.0. The number of nitrogens with one attached hydrogen (secondary N) is 1. The van der Waals surface area contributed by atoms with Crippen molar-refractivity contribution in [3.63, 3.8) is 0 Å². The lowest BCUT2D eigenvalue weighted by atomic mass is 9.87. The fourth-order valence-electron chi connectivity index (χ4n) is 3.36. The van der Waals surface area contributed by atoms with Crippen molar-refractivity contribution in [2.45, 2.75) is 30.8 Å². The van der Waals surface area contributed by atoms with Gasteiger partial charge in [-0.15, -0.1) is 0 Å². The van der Waals surface area contributed by atoms with Gasteiger partial charge in [0.25, 0.3) is 5.92 Å². The summed E-state index contributed by atoms with van der Waals surface area (Å²) < 4.78 is 26.4. The third kappa shape index (κ3) is 4.67. The van der Waals surface area contributed by atoms with Crippen molar-refractivity contribution >= 4 is 35.3 Å². The van der Waals surface area contributed by atoms with Crippen molar-refractivity contribution < 1.29 is 18.4 Å². The van der Waals surface area contributed by atoms with E-state index in [1.807, 2.05) is 25.1 Å². The lowest BCUT2D eigenvalue weighted by Gasteiger charge is -2.37. The normalized spacial score (nSPS) is 16.4. The van der Waals surface area contributed by atoms with E-state index in [1.165, 1.54) is 4.90 Å². The second-order valence-electron chi connectivity index (χ2n) is 7.32. The summed E-state index contributed by atoms with van der Waals surface area (Å²) in [4.78, 5) is 28.3. The average molecular weight is 422 g/mol. The molecule has 8 heteroatoms. The van der Waals surface area contributed by atoms with Crippen LogP contribution in [0.2, 0.25) is 5.02 Å². The molecule has 2 aromatic carbocycles. The maximum atomic E-state index is 13.2. The molecule has 0 aromatic heterocycles. The number of amides is 2. The number of benzene rings is 2. The van der Waals surface area contributed by atoms with Gasteiger partial charge in [-0.3, -0.25) is 14.5 Å². The monoisotopic (exact) mass is 421 g/mol. The molecule has 3 rings (SSSR count). The zero-order valence-electron chi connectivity index (χ0n) is 16.1. The van der Waals surface area contributed by atoms with Gasteiger partial charge < -0.3 is 10.2 Å². The zero-order chi connectivity index (χ0) is 21.2. The molecule has 0 spiro atoms. The molecule has 0 bridgehead atoms. The zero-order valence-corrected chi connectivity index (χ0v) is 16.9. The van der Waals surface area contributed by atoms with Crippen molar-refractivity contribution in [1.82, 2.24) is 5.32 Å². The Morgan fingerprint density at radius 1 is 1.17 bits per heavy atom. The second kappa shape index (κ2) is 8.37. The van der Waals surface area contributed by atoms with Crippen LogP contribution >= 0.6 is 11.6 Å². The molecule has 5 nitrogen and oxygen atoms in total. The summed E-state index contributed by atoms with van der Waals surface area (Å²) in [6, 6.07) is 12.1. The van der Waals surface area contributed by atoms with Crippen LogP contribution in [0.25, 0.3) is 0 Å². The molecule has 0 heterocycles. The van der Waals surface area contributed by atoms with E-state index in [2.05, 4.69) is 5.32 Å². The van der Waals surface area contributed by atoms with Crippen molar-refractivity contribution in [1.29, 1.82) is 0 Å². The van der Waals surface area contributed by atoms with Gasteiger partial charge in [0.15, 0.2) is 0 Å². The molecular formula is C21H22ClF2N3O2. The molecule has 1 aliphatic carbocycles. The molecule has 1 N–H and O–H groups in total. The van der Waals surface area contributed by atoms with Gasteiger partial charge in [0.1, 0.15) is 6.04 Å². The van der Waals surface area contributed by atoms with Gasteiger partial charge in [-0.1, -0.05) is 35.9 Å². The van der Waals surface area contributed by atoms with Gasteiger partial charge >= 0.3 is 0 Å². The summed E-state index contributed by atoms with van der Waals surface area (Å²) >= 11 is 6.31. The summed E-state index contributed by atoms with van der Waals surface area (Å²) in [7, 11) is 3.72. The standard InChI is InChI=1S/C21H22ClF2N3O2/c1-26(2)15-6-5-7-16(10-15)27(13-28)19(17-8-3-4-9-18(17)22)20(29)25-14-11-21(23,24)12-14/h3-10,13-14,19H,11-12H2,1-2H3,(H,25,29)/t19-/m0/s1. The topological polar surface area (TPSA) is 52.7 Å². The van der Waals surface area contributed by atoms with Gasteiger partial charge in [-0.2, -0.15) is 0 Å².